The van der Waals surface area contributed by atoms with Crippen molar-refractivity contribution in [2.45, 2.75) is 122 Å². The second kappa shape index (κ2) is 12.7. The van der Waals surface area contributed by atoms with Crippen LogP contribution in [0.3, 0.4) is 0 Å². The van der Waals surface area contributed by atoms with Crippen molar-refractivity contribution in [3.05, 3.63) is 34.9 Å². The number of halogens is 1. The lowest BCUT2D eigenvalue weighted by Crippen LogP contribution is -2.54. The third kappa shape index (κ3) is 6.71. The maximum Gasteiger partial charge on any atom is 0.231 e. The number of benzene rings is 1. The molecule has 0 radical (unpaired) electrons. The minimum absolute atomic E-state index is 0.00368. The number of amides is 2. The summed E-state index contributed by atoms with van der Waals surface area (Å²) in [6.45, 7) is 14.5. The average molecular weight is 574 g/mol. The van der Waals surface area contributed by atoms with Crippen LogP contribution in [-0.2, 0) is 9.59 Å². The molecule has 6 nitrogen and oxygen atoms in total. The van der Waals surface area contributed by atoms with E-state index in [0.29, 0.717) is 11.6 Å². The molecule has 0 bridgehead atoms. The van der Waals surface area contributed by atoms with Gasteiger partial charge in [-0.05, 0) is 78.0 Å². The van der Waals surface area contributed by atoms with Crippen LogP contribution in [0.2, 0.25) is 5.02 Å². The molecule has 0 spiro atoms. The third-order valence-electron chi connectivity index (χ3n) is 9.75. The second-order valence-corrected chi connectivity index (χ2v) is 14.6. The number of rotatable bonds is 8. The van der Waals surface area contributed by atoms with E-state index in [2.05, 4.69) is 54.5 Å². The Morgan fingerprint density at radius 3 is 2.20 bits per heavy atom. The average Bonchev–Trinajstić information content (AvgIpc) is 3.55. The van der Waals surface area contributed by atoms with Crippen molar-refractivity contribution in [1.29, 1.82) is 0 Å². The maximum atomic E-state index is 14.6. The van der Waals surface area contributed by atoms with Crippen LogP contribution in [0.5, 0.6) is 0 Å². The lowest BCUT2D eigenvalue weighted by atomic mass is 9.87. The fraction of sp³-hybridized carbons (Fsp3) is 0.758. The highest BCUT2D eigenvalue weighted by Gasteiger charge is 2.49. The van der Waals surface area contributed by atoms with E-state index in [-0.39, 0.29) is 53.9 Å². The standard InChI is InChI=1S/C33H52ClN3O3/c1-7-11-26-18-27(37(25-12-9-8-10-13-25)31(40)33(5,6)22-38)19-36(26)30(39)29-21-35(32(2,3)4)20-28(29)23-14-16-24(34)17-15-23/h14-17,25-29,38H,7-13,18-22H2,1-6H3/t26-,27-,28-,29+/m0/s1. The number of likely N-dealkylation sites (tertiary alicyclic amines) is 2. The molecule has 40 heavy (non-hydrogen) atoms. The van der Waals surface area contributed by atoms with Crippen LogP contribution < -0.4 is 0 Å². The molecule has 1 N–H and O–H groups in total. The predicted molar refractivity (Wildman–Crippen MR) is 162 cm³/mol. The largest absolute Gasteiger partial charge is 0.395 e. The van der Waals surface area contributed by atoms with Gasteiger partial charge in [0.05, 0.1) is 24.0 Å². The molecule has 0 unspecified atom stereocenters. The van der Waals surface area contributed by atoms with Crippen molar-refractivity contribution in [3.8, 4) is 0 Å². The summed E-state index contributed by atoms with van der Waals surface area (Å²) in [7, 11) is 0. The quantitative estimate of drug-likeness (QED) is 0.408. The first-order valence-corrected chi connectivity index (χ1v) is 16.0. The Hall–Kier alpha value is -1.63. The SMILES string of the molecule is CCC[C@H]1C[C@H](N(C(=O)C(C)(C)CO)C2CCCCC2)CN1C(=O)[C@@H]1CN(C(C)(C)C)C[C@H]1c1ccc(Cl)cc1. The van der Waals surface area contributed by atoms with Gasteiger partial charge in [-0.3, -0.25) is 14.5 Å². The maximum absolute atomic E-state index is 14.6. The van der Waals surface area contributed by atoms with Gasteiger partial charge < -0.3 is 14.9 Å². The normalized spacial score (nSPS) is 26.9. The van der Waals surface area contributed by atoms with E-state index in [1.165, 1.54) is 12.0 Å². The number of hydrogen-bond donors (Lipinski definition) is 1. The highest BCUT2D eigenvalue weighted by Crippen LogP contribution is 2.40. The van der Waals surface area contributed by atoms with Gasteiger partial charge in [-0.1, -0.05) is 56.3 Å². The highest BCUT2D eigenvalue weighted by molar-refractivity contribution is 6.30. The van der Waals surface area contributed by atoms with Gasteiger partial charge >= 0.3 is 0 Å². The molecule has 4 atom stereocenters. The van der Waals surface area contributed by atoms with Crippen LogP contribution in [0.4, 0.5) is 0 Å². The number of hydrogen-bond acceptors (Lipinski definition) is 4. The first-order chi connectivity index (χ1) is 18.9. The van der Waals surface area contributed by atoms with Gasteiger partial charge in [0.1, 0.15) is 0 Å². The molecule has 1 aromatic carbocycles. The summed E-state index contributed by atoms with van der Waals surface area (Å²) in [6.07, 6.45) is 8.28. The Bertz CT molecular complexity index is 1010. The lowest BCUT2D eigenvalue weighted by Gasteiger charge is -2.42. The van der Waals surface area contributed by atoms with Crippen LogP contribution in [0.25, 0.3) is 0 Å². The fourth-order valence-electron chi connectivity index (χ4n) is 7.24. The summed E-state index contributed by atoms with van der Waals surface area (Å²) in [5.41, 5.74) is 0.310. The van der Waals surface area contributed by atoms with Crippen molar-refractivity contribution in [2.75, 3.05) is 26.2 Å². The molecule has 0 aromatic heterocycles. The number of aliphatic hydroxyl groups excluding tert-OH is 1. The zero-order chi connectivity index (χ0) is 29.2. The molecule has 1 aliphatic carbocycles. The van der Waals surface area contributed by atoms with Gasteiger partial charge in [-0.2, -0.15) is 0 Å². The molecule has 2 amide bonds. The minimum Gasteiger partial charge on any atom is -0.395 e. The Balaban J connectivity index is 1.63. The van der Waals surface area contributed by atoms with Gasteiger partial charge in [0.2, 0.25) is 11.8 Å². The molecule has 224 valence electrons. The molecule has 3 aliphatic rings. The summed E-state index contributed by atoms with van der Waals surface area (Å²) in [6, 6.07) is 8.34. The highest BCUT2D eigenvalue weighted by atomic mass is 35.5. The van der Waals surface area contributed by atoms with Gasteiger partial charge in [0, 0.05) is 48.2 Å². The van der Waals surface area contributed by atoms with Crippen LogP contribution in [-0.4, -0.2) is 81.5 Å². The summed E-state index contributed by atoms with van der Waals surface area (Å²) < 4.78 is 0. The summed E-state index contributed by atoms with van der Waals surface area (Å²) in [5, 5.41) is 10.8. The Labute approximate surface area is 247 Å². The third-order valence-corrected chi connectivity index (χ3v) is 10.0. The van der Waals surface area contributed by atoms with Gasteiger partial charge in [0.15, 0.2) is 0 Å². The van der Waals surface area contributed by atoms with E-state index in [1.54, 1.807) is 0 Å². The van der Waals surface area contributed by atoms with E-state index in [9.17, 15) is 14.7 Å². The molecule has 4 rings (SSSR count). The molecular formula is C33H52ClN3O3. The van der Waals surface area contributed by atoms with Crippen molar-refractivity contribution in [3.63, 3.8) is 0 Å². The van der Waals surface area contributed by atoms with Gasteiger partial charge in [0.25, 0.3) is 0 Å². The van der Waals surface area contributed by atoms with Crippen molar-refractivity contribution >= 4 is 23.4 Å². The smallest absolute Gasteiger partial charge is 0.231 e. The van der Waals surface area contributed by atoms with Crippen molar-refractivity contribution in [2.24, 2.45) is 11.3 Å². The van der Waals surface area contributed by atoms with E-state index < -0.39 is 5.41 Å². The first-order valence-electron chi connectivity index (χ1n) is 15.6. The number of aliphatic hydroxyl groups is 1. The molecule has 2 aliphatic heterocycles. The zero-order valence-electron chi connectivity index (χ0n) is 25.7. The van der Waals surface area contributed by atoms with Crippen LogP contribution in [0.1, 0.15) is 104 Å². The summed E-state index contributed by atoms with van der Waals surface area (Å²) >= 11 is 6.22. The molecule has 7 heteroatoms. The van der Waals surface area contributed by atoms with Gasteiger partial charge in [-0.25, -0.2) is 0 Å². The predicted octanol–water partition coefficient (Wildman–Crippen LogP) is 6.10. The lowest BCUT2D eigenvalue weighted by molar-refractivity contribution is -0.149. The number of carbonyl (C=O) groups excluding carboxylic acids is 2. The number of nitrogens with zero attached hydrogens (tertiary/aromatic N) is 3. The molecule has 1 saturated carbocycles. The van der Waals surface area contributed by atoms with E-state index in [0.717, 1.165) is 58.0 Å². The first kappa shape index (κ1) is 31.3. The molecule has 2 heterocycles. The monoisotopic (exact) mass is 573 g/mol. The van der Waals surface area contributed by atoms with Gasteiger partial charge in [-0.15, -0.1) is 0 Å². The Kier molecular flexibility index (Phi) is 9.95. The van der Waals surface area contributed by atoms with Crippen LogP contribution in [0.15, 0.2) is 24.3 Å². The Morgan fingerprint density at radius 2 is 1.62 bits per heavy atom. The minimum atomic E-state index is -0.826. The summed E-state index contributed by atoms with van der Waals surface area (Å²) in [5.74, 6) is 0.237. The second-order valence-electron chi connectivity index (χ2n) is 14.2. The number of carbonyl (C=O) groups is 2. The van der Waals surface area contributed by atoms with E-state index in [1.807, 2.05) is 26.0 Å². The molecule has 2 saturated heterocycles. The molecule has 3 fully saturated rings. The van der Waals surface area contributed by atoms with Crippen LogP contribution >= 0.6 is 11.6 Å². The van der Waals surface area contributed by atoms with Crippen molar-refractivity contribution < 1.29 is 14.7 Å². The topological polar surface area (TPSA) is 64.1 Å². The van der Waals surface area contributed by atoms with Crippen LogP contribution in [0, 0.1) is 11.3 Å². The fourth-order valence-corrected chi connectivity index (χ4v) is 7.36. The zero-order valence-corrected chi connectivity index (χ0v) is 26.4. The summed E-state index contributed by atoms with van der Waals surface area (Å²) in [4.78, 5) is 35.2. The van der Waals surface area contributed by atoms with Crippen molar-refractivity contribution in [1.82, 2.24) is 14.7 Å². The van der Waals surface area contributed by atoms with E-state index in [4.69, 9.17) is 11.6 Å². The Morgan fingerprint density at radius 1 is 0.975 bits per heavy atom. The molecular weight excluding hydrogens is 522 g/mol. The van der Waals surface area contributed by atoms with E-state index >= 15 is 0 Å². The molecule has 1 aromatic rings.